The van der Waals surface area contributed by atoms with Crippen LogP contribution in [0.1, 0.15) is 64.1 Å². The highest BCUT2D eigenvalue weighted by molar-refractivity contribution is 5.82. The molecule has 3 heterocycles. The number of alkyl carbamates (subject to hydrolysis) is 1. The standard InChI is InChI=1S/C25H31F2N7O2/c1-13-16(9-10-20(28)30-13)18-11-17(22(26)27)21-19(33-18)12-29-23(34-21)31-14-5-7-15(8-6-14)32-24(35)36-25(2,3)4/h9-12,14-15,22H,5-8H2,1-4H3,(H2,28,30)(H,32,35)(H,29,31,34)/t14-,15-. The number of ether oxygens (including phenoxy) is 1. The first-order valence-electron chi connectivity index (χ1n) is 11.9. The Kier molecular flexibility index (Phi) is 7.18. The first kappa shape index (κ1) is 25.5. The summed E-state index contributed by atoms with van der Waals surface area (Å²) in [6.07, 6.45) is 1.34. The molecular weight excluding hydrogens is 468 g/mol. The molecule has 3 aromatic rings. The second kappa shape index (κ2) is 10.2. The summed E-state index contributed by atoms with van der Waals surface area (Å²) in [4.78, 5) is 29.4. The Bertz CT molecular complexity index is 1260. The fourth-order valence-corrected chi connectivity index (χ4v) is 4.31. The molecule has 1 aliphatic carbocycles. The van der Waals surface area contributed by atoms with Gasteiger partial charge in [-0.1, -0.05) is 0 Å². The van der Waals surface area contributed by atoms with E-state index in [1.54, 1.807) is 19.1 Å². The molecule has 3 aromatic heterocycles. The van der Waals surface area contributed by atoms with Gasteiger partial charge in [0.1, 0.15) is 22.5 Å². The first-order chi connectivity index (χ1) is 17.0. The Morgan fingerprint density at radius 2 is 1.81 bits per heavy atom. The van der Waals surface area contributed by atoms with E-state index in [0.717, 1.165) is 25.7 Å². The maximum Gasteiger partial charge on any atom is 0.407 e. The van der Waals surface area contributed by atoms with Crippen LogP contribution in [0.3, 0.4) is 0 Å². The van der Waals surface area contributed by atoms with Gasteiger partial charge in [0.25, 0.3) is 6.43 Å². The van der Waals surface area contributed by atoms with Gasteiger partial charge in [0, 0.05) is 28.9 Å². The number of aromatic nitrogens is 4. The summed E-state index contributed by atoms with van der Waals surface area (Å²) in [5.41, 5.74) is 6.90. The Morgan fingerprint density at radius 1 is 1.11 bits per heavy atom. The average Bonchev–Trinajstić information content (AvgIpc) is 2.78. The summed E-state index contributed by atoms with van der Waals surface area (Å²) < 4.78 is 33.3. The second-order valence-corrected chi connectivity index (χ2v) is 10.0. The van der Waals surface area contributed by atoms with Crippen LogP contribution in [0.5, 0.6) is 0 Å². The lowest BCUT2D eigenvalue weighted by molar-refractivity contribution is 0.0492. The van der Waals surface area contributed by atoms with Gasteiger partial charge < -0.3 is 21.1 Å². The van der Waals surface area contributed by atoms with Crippen LogP contribution in [0.2, 0.25) is 0 Å². The van der Waals surface area contributed by atoms with Crippen LogP contribution in [0, 0.1) is 6.92 Å². The van der Waals surface area contributed by atoms with E-state index in [1.165, 1.54) is 12.3 Å². The van der Waals surface area contributed by atoms with Gasteiger partial charge in [0.15, 0.2) is 0 Å². The molecule has 0 aromatic carbocycles. The maximum atomic E-state index is 14.0. The third-order valence-corrected chi connectivity index (χ3v) is 5.98. The summed E-state index contributed by atoms with van der Waals surface area (Å²) in [6, 6.07) is 4.75. The lowest BCUT2D eigenvalue weighted by atomic mass is 9.91. The maximum absolute atomic E-state index is 14.0. The minimum atomic E-state index is -2.74. The van der Waals surface area contributed by atoms with Crippen molar-refractivity contribution in [2.75, 3.05) is 11.1 Å². The van der Waals surface area contributed by atoms with Gasteiger partial charge in [-0.25, -0.2) is 33.5 Å². The molecule has 0 radical (unpaired) electrons. The van der Waals surface area contributed by atoms with Crippen molar-refractivity contribution in [3.8, 4) is 11.3 Å². The summed E-state index contributed by atoms with van der Waals surface area (Å²) >= 11 is 0. The molecule has 0 saturated heterocycles. The van der Waals surface area contributed by atoms with Crippen LogP contribution >= 0.6 is 0 Å². The molecule has 0 aliphatic heterocycles. The minimum Gasteiger partial charge on any atom is -0.444 e. The highest BCUT2D eigenvalue weighted by Gasteiger charge is 2.26. The van der Waals surface area contributed by atoms with Crippen LogP contribution in [0.15, 0.2) is 24.4 Å². The molecule has 1 aliphatic rings. The number of rotatable bonds is 5. The number of aryl methyl sites for hydroxylation is 1. The number of anilines is 2. The Labute approximate surface area is 208 Å². The summed E-state index contributed by atoms with van der Waals surface area (Å²) in [5.74, 6) is 0.618. The Morgan fingerprint density at radius 3 is 2.44 bits per heavy atom. The molecule has 0 atom stereocenters. The molecular formula is C25H31F2N7O2. The quantitative estimate of drug-likeness (QED) is 0.439. The number of carbonyl (C=O) groups excluding carboxylic acids is 1. The third-order valence-electron chi connectivity index (χ3n) is 5.98. The number of hydrogen-bond acceptors (Lipinski definition) is 8. The van der Waals surface area contributed by atoms with E-state index in [2.05, 4.69) is 30.6 Å². The van der Waals surface area contributed by atoms with Crippen molar-refractivity contribution in [3.05, 3.63) is 35.7 Å². The number of amides is 1. The molecule has 192 valence electrons. The highest BCUT2D eigenvalue weighted by Crippen LogP contribution is 2.32. The van der Waals surface area contributed by atoms with E-state index in [1.807, 2.05) is 20.8 Å². The van der Waals surface area contributed by atoms with Gasteiger partial charge in [-0.05, 0) is 71.6 Å². The van der Waals surface area contributed by atoms with E-state index < -0.39 is 18.1 Å². The van der Waals surface area contributed by atoms with Gasteiger partial charge in [-0.15, -0.1) is 0 Å². The van der Waals surface area contributed by atoms with Crippen molar-refractivity contribution in [3.63, 3.8) is 0 Å². The van der Waals surface area contributed by atoms with Crippen molar-refractivity contribution >= 4 is 28.9 Å². The lowest BCUT2D eigenvalue weighted by Gasteiger charge is -2.30. The van der Waals surface area contributed by atoms with E-state index in [0.29, 0.717) is 22.8 Å². The number of hydrogen-bond donors (Lipinski definition) is 3. The molecule has 0 bridgehead atoms. The van der Waals surface area contributed by atoms with E-state index in [9.17, 15) is 13.6 Å². The number of halogens is 2. The second-order valence-electron chi connectivity index (χ2n) is 10.0. The lowest BCUT2D eigenvalue weighted by Crippen LogP contribution is -2.42. The molecule has 9 nitrogen and oxygen atoms in total. The highest BCUT2D eigenvalue weighted by atomic mass is 19.3. The van der Waals surface area contributed by atoms with Crippen molar-refractivity contribution in [2.45, 2.75) is 77.5 Å². The van der Waals surface area contributed by atoms with Crippen LogP contribution in [0.25, 0.3) is 22.3 Å². The van der Waals surface area contributed by atoms with Crippen LogP contribution < -0.4 is 16.4 Å². The fraction of sp³-hybridized carbons (Fsp3) is 0.480. The van der Waals surface area contributed by atoms with Crippen LogP contribution in [0.4, 0.5) is 25.3 Å². The average molecular weight is 500 g/mol. The van der Waals surface area contributed by atoms with Crippen molar-refractivity contribution in [1.82, 2.24) is 25.3 Å². The number of alkyl halides is 2. The topological polar surface area (TPSA) is 128 Å². The number of carbonyl (C=O) groups is 1. The van der Waals surface area contributed by atoms with E-state index in [-0.39, 0.29) is 34.6 Å². The van der Waals surface area contributed by atoms with Crippen molar-refractivity contribution < 1.29 is 18.3 Å². The van der Waals surface area contributed by atoms with Gasteiger partial charge in [0.2, 0.25) is 5.95 Å². The van der Waals surface area contributed by atoms with E-state index in [4.69, 9.17) is 10.5 Å². The molecule has 36 heavy (non-hydrogen) atoms. The largest absolute Gasteiger partial charge is 0.444 e. The van der Waals surface area contributed by atoms with E-state index >= 15 is 0 Å². The number of nitrogen functional groups attached to an aromatic ring is 1. The van der Waals surface area contributed by atoms with Crippen molar-refractivity contribution in [1.29, 1.82) is 0 Å². The number of nitrogens with one attached hydrogen (secondary N) is 2. The number of nitrogens with two attached hydrogens (primary N) is 1. The predicted octanol–water partition coefficient (Wildman–Crippen LogP) is 5.16. The monoisotopic (exact) mass is 499 g/mol. The molecule has 1 saturated carbocycles. The SMILES string of the molecule is Cc1nc(N)ccc1-c1cc(C(F)F)c2nc(N[C@H]3CC[C@H](NC(=O)OC(C)(C)C)CC3)ncc2n1. The fourth-order valence-electron chi connectivity index (χ4n) is 4.31. The van der Waals surface area contributed by atoms with Crippen LogP contribution in [-0.2, 0) is 4.74 Å². The number of fused-ring (bicyclic) bond motifs is 1. The molecule has 0 unspecified atom stereocenters. The zero-order valence-electron chi connectivity index (χ0n) is 20.8. The number of pyridine rings is 2. The minimum absolute atomic E-state index is 0.0229. The molecule has 0 spiro atoms. The van der Waals surface area contributed by atoms with Gasteiger partial charge in [0.05, 0.1) is 11.9 Å². The molecule has 11 heteroatoms. The summed E-state index contributed by atoms with van der Waals surface area (Å²) in [5, 5.41) is 6.16. The van der Waals surface area contributed by atoms with Crippen molar-refractivity contribution in [2.24, 2.45) is 0 Å². The third kappa shape index (κ3) is 6.13. The predicted molar refractivity (Wildman–Crippen MR) is 134 cm³/mol. The first-order valence-corrected chi connectivity index (χ1v) is 11.9. The Balaban J connectivity index is 1.48. The summed E-state index contributed by atoms with van der Waals surface area (Å²) in [7, 11) is 0. The zero-order valence-corrected chi connectivity index (χ0v) is 20.8. The summed E-state index contributed by atoms with van der Waals surface area (Å²) in [6.45, 7) is 7.22. The van der Waals surface area contributed by atoms with Gasteiger partial charge in [-0.3, -0.25) is 0 Å². The normalized spacial score (nSPS) is 18.3. The zero-order chi connectivity index (χ0) is 26.0. The van der Waals surface area contributed by atoms with Crippen LogP contribution in [-0.4, -0.2) is 43.7 Å². The molecule has 4 rings (SSSR count). The number of nitrogens with zero attached hydrogens (tertiary/aromatic N) is 4. The molecule has 1 fully saturated rings. The molecule has 1 amide bonds. The Hall–Kier alpha value is -3.63. The van der Waals surface area contributed by atoms with Gasteiger partial charge >= 0.3 is 6.09 Å². The smallest absolute Gasteiger partial charge is 0.407 e. The van der Waals surface area contributed by atoms with Gasteiger partial charge in [-0.2, -0.15) is 0 Å². The molecule has 4 N–H and O–H groups in total.